The van der Waals surface area contributed by atoms with Crippen LogP contribution < -0.4 is 5.32 Å². The van der Waals surface area contributed by atoms with Crippen LogP contribution in [0.1, 0.15) is 86.1 Å². The molecule has 0 unspecified atom stereocenters. The van der Waals surface area contributed by atoms with Crippen LogP contribution >= 0.6 is 0 Å². The number of hydrogen-bond acceptors (Lipinski definition) is 5. The molecule has 4 rings (SSSR count). The fraction of sp³-hybridized carbons (Fsp3) is 0.640. The first-order chi connectivity index (χ1) is 15.8. The predicted octanol–water partition coefficient (Wildman–Crippen LogP) is 2.68. The monoisotopic (exact) mass is 455 g/mol. The second kappa shape index (κ2) is 9.61. The van der Waals surface area contributed by atoms with Crippen molar-refractivity contribution in [2.24, 2.45) is 17.8 Å². The summed E-state index contributed by atoms with van der Waals surface area (Å²) in [6, 6.07) is 0.172. The van der Waals surface area contributed by atoms with Crippen LogP contribution in [-0.4, -0.2) is 57.7 Å². The molecule has 0 spiro atoms. The van der Waals surface area contributed by atoms with Crippen molar-refractivity contribution < 1.29 is 24.0 Å². The summed E-state index contributed by atoms with van der Waals surface area (Å²) in [5.41, 5.74) is 0.712. The van der Waals surface area contributed by atoms with Crippen LogP contribution in [0.3, 0.4) is 0 Å². The van der Waals surface area contributed by atoms with Crippen LogP contribution in [0.4, 0.5) is 0 Å². The quantitative estimate of drug-likeness (QED) is 0.585. The maximum Gasteiger partial charge on any atom is 0.270 e. The van der Waals surface area contributed by atoms with E-state index in [9.17, 15) is 24.0 Å². The van der Waals surface area contributed by atoms with Crippen LogP contribution in [0.5, 0.6) is 0 Å². The molecule has 178 valence electrons. The molecule has 33 heavy (non-hydrogen) atoms. The summed E-state index contributed by atoms with van der Waals surface area (Å²) < 4.78 is 0. The number of H-pyrrole nitrogens is 1. The van der Waals surface area contributed by atoms with E-state index in [1.807, 2.05) is 0 Å². The Kier molecular flexibility index (Phi) is 6.81. The number of nitrogens with zero attached hydrogens (tertiary/aromatic N) is 1. The maximum absolute atomic E-state index is 13.5. The molecule has 3 fully saturated rings. The number of amides is 2. The van der Waals surface area contributed by atoms with Gasteiger partial charge < -0.3 is 15.2 Å². The molecule has 8 nitrogen and oxygen atoms in total. The smallest absolute Gasteiger partial charge is 0.270 e. The van der Waals surface area contributed by atoms with Crippen molar-refractivity contribution in [3.8, 4) is 0 Å². The lowest BCUT2D eigenvalue weighted by molar-refractivity contribution is -0.131. The number of hydrogen-bond donors (Lipinski definition) is 2. The summed E-state index contributed by atoms with van der Waals surface area (Å²) in [4.78, 5) is 67.8. The Morgan fingerprint density at radius 1 is 1.18 bits per heavy atom. The van der Waals surface area contributed by atoms with Gasteiger partial charge in [-0.05, 0) is 56.9 Å². The number of Topliss-reactive ketones (excluding diaryl/α,β-unsaturated/α-hetero) is 3. The van der Waals surface area contributed by atoms with Gasteiger partial charge in [-0.2, -0.15) is 0 Å². The maximum atomic E-state index is 13.5. The van der Waals surface area contributed by atoms with Gasteiger partial charge in [0.2, 0.25) is 5.91 Å². The minimum atomic E-state index is -0.707. The Morgan fingerprint density at radius 2 is 1.97 bits per heavy atom. The van der Waals surface area contributed by atoms with Gasteiger partial charge in [-0.3, -0.25) is 24.0 Å². The number of rotatable bonds is 8. The minimum absolute atomic E-state index is 0.0571. The Morgan fingerprint density at radius 3 is 2.61 bits per heavy atom. The average Bonchev–Trinajstić information content (AvgIpc) is 3.56. The molecule has 1 aromatic heterocycles. The number of fused-ring (bicyclic) bond motifs is 1. The highest BCUT2D eigenvalue weighted by molar-refractivity contribution is 6.01. The topological polar surface area (TPSA) is 116 Å². The standard InChI is InChI=1S/C25H33N3O5/c1-3-21(30)19(10-15-6-5-9-22(15)31)27-24(32)23-18-8-4-7-16(18)13-28(23)25(33)20-11-17(12-26-20)14(2)29/h11-12,15-16,18-19,23,26H,3-10,13H2,1-2H3,(H,27,32)/t15-,16-,18-,19-,23-/m0/s1. The molecule has 1 aliphatic heterocycles. The largest absolute Gasteiger partial charge is 0.356 e. The lowest BCUT2D eigenvalue weighted by Crippen LogP contribution is -2.53. The number of aromatic nitrogens is 1. The summed E-state index contributed by atoms with van der Waals surface area (Å²) in [5.74, 6) is -0.548. The number of carbonyl (C=O) groups excluding carboxylic acids is 5. The molecule has 5 atom stereocenters. The molecular formula is C25H33N3O5. The molecular weight excluding hydrogens is 422 g/mol. The third-order valence-electron chi connectivity index (χ3n) is 7.74. The van der Waals surface area contributed by atoms with Gasteiger partial charge in [0.25, 0.3) is 5.91 Å². The van der Waals surface area contributed by atoms with E-state index in [-0.39, 0.29) is 59.0 Å². The van der Waals surface area contributed by atoms with Gasteiger partial charge in [0.15, 0.2) is 11.6 Å². The number of nitrogens with one attached hydrogen (secondary N) is 2. The first-order valence-electron chi connectivity index (χ1n) is 12.2. The fourth-order valence-corrected chi connectivity index (χ4v) is 5.92. The molecule has 0 aromatic carbocycles. The highest BCUT2D eigenvalue weighted by Gasteiger charge is 2.50. The third-order valence-corrected chi connectivity index (χ3v) is 7.74. The van der Waals surface area contributed by atoms with Gasteiger partial charge in [-0.15, -0.1) is 0 Å². The van der Waals surface area contributed by atoms with Gasteiger partial charge in [0, 0.05) is 37.1 Å². The summed E-state index contributed by atoms with van der Waals surface area (Å²) in [6.07, 6.45) is 7.11. The predicted molar refractivity (Wildman–Crippen MR) is 121 cm³/mol. The Hall–Kier alpha value is -2.77. The molecule has 2 N–H and O–H groups in total. The minimum Gasteiger partial charge on any atom is -0.356 e. The van der Waals surface area contributed by atoms with Crippen molar-refractivity contribution in [3.63, 3.8) is 0 Å². The van der Waals surface area contributed by atoms with Crippen LogP contribution in [-0.2, 0) is 14.4 Å². The summed E-state index contributed by atoms with van der Waals surface area (Å²) in [5, 5.41) is 2.93. The summed E-state index contributed by atoms with van der Waals surface area (Å²) >= 11 is 0. The van der Waals surface area contributed by atoms with Crippen molar-refractivity contribution in [3.05, 3.63) is 23.5 Å². The zero-order valence-electron chi connectivity index (χ0n) is 19.4. The zero-order chi connectivity index (χ0) is 23.7. The average molecular weight is 456 g/mol. The summed E-state index contributed by atoms with van der Waals surface area (Å²) in [6.45, 7) is 3.69. The molecule has 2 saturated carbocycles. The number of ketones is 3. The van der Waals surface area contributed by atoms with Crippen molar-refractivity contribution in [1.29, 1.82) is 0 Å². The second-order valence-electron chi connectivity index (χ2n) is 9.79. The van der Waals surface area contributed by atoms with Crippen LogP contribution in [0.15, 0.2) is 12.3 Å². The molecule has 1 aromatic rings. The lowest BCUT2D eigenvalue weighted by Gasteiger charge is -2.29. The molecule has 1 saturated heterocycles. The molecule has 0 radical (unpaired) electrons. The molecule has 3 aliphatic rings. The van der Waals surface area contributed by atoms with E-state index in [4.69, 9.17) is 0 Å². The first-order valence-corrected chi connectivity index (χ1v) is 12.2. The molecule has 8 heteroatoms. The lowest BCUT2D eigenvalue weighted by atomic mass is 9.91. The van der Waals surface area contributed by atoms with E-state index in [2.05, 4.69) is 10.3 Å². The van der Waals surface area contributed by atoms with Gasteiger partial charge in [0.05, 0.1) is 6.04 Å². The highest BCUT2D eigenvalue weighted by Crippen LogP contribution is 2.43. The molecule has 0 bridgehead atoms. The van der Waals surface area contributed by atoms with E-state index in [1.54, 1.807) is 11.8 Å². The molecule has 2 aliphatic carbocycles. The van der Waals surface area contributed by atoms with E-state index in [1.165, 1.54) is 19.2 Å². The van der Waals surface area contributed by atoms with Crippen molar-refractivity contribution in [2.45, 2.75) is 77.3 Å². The van der Waals surface area contributed by atoms with E-state index < -0.39 is 12.1 Å². The normalized spacial score (nSPS) is 27.5. The van der Waals surface area contributed by atoms with E-state index in [0.29, 0.717) is 24.9 Å². The highest BCUT2D eigenvalue weighted by atomic mass is 16.2. The zero-order valence-corrected chi connectivity index (χ0v) is 19.4. The van der Waals surface area contributed by atoms with E-state index >= 15 is 0 Å². The molecule has 2 heterocycles. The van der Waals surface area contributed by atoms with Crippen molar-refractivity contribution in [2.75, 3.05) is 6.54 Å². The number of aromatic amines is 1. The van der Waals surface area contributed by atoms with Crippen molar-refractivity contribution in [1.82, 2.24) is 15.2 Å². The fourth-order valence-electron chi connectivity index (χ4n) is 5.92. The third kappa shape index (κ3) is 4.66. The Balaban J connectivity index is 1.54. The SMILES string of the molecule is CCC(=O)[C@H](C[C@@H]1CCCC1=O)NC(=O)[C@@H]1[C@H]2CCC[C@H]2CN1C(=O)c1cc(C(C)=O)c[nH]1. The van der Waals surface area contributed by atoms with Gasteiger partial charge in [-0.1, -0.05) is 13.3 Å². The second-order valence-corrected chi connectivity index (χ2v) is 9.79. The van der Waals surface area contributed by atoms with E-state index in [0.717, 1.165) is 32.1 Å². The van der Waals surface area contributed by atoms with Gasteiger partial charge in [0.1, 0.15) is 17.5 Å². The Labute approximate surface area is 193 Å². The number of carbonyl (C=O) groups is 5. The van der Waals surface area contributed by atoms with Crippen LogP contribution in [0.2, 0.25) is 0 Å². The van der Waals surface area contributed by atoms with Crippen molar-refractivity contribution >= 4 is 29.2 Å². The van der Waals surface area contributed by atoms with Gasteiger partial charge in [-0.25, -0.2) is 0 Å². The Bertz CT molecular complexity index is 967. The number of likely N-dealkylation sites (tertiary alicyclic amines) is 1. The van der Waals surface area contributed by atoms with Gasteiger partial charge >= 0.3 is 0 Å². The molecule has 2 amide bonds. The van der Waals surface area contributed by atoms with Crippen LogP contribution in [0.25, 0.3) is 0 Å². The summed E-state index contributed by atoms with van der Waals surface area (Å²) in [7, 11) is 0. The van der Waals surface area contributed by atoms with Crippen LogP contribution in [0, 0.1) is 17.8 Å². The first kappa shape index (κ1) is 23.4.